The lowest BCUT2D eigenvalue weighted by Crippen LogP contribution is -2.42. The first-order valence-electron chi connectivity index (χ1n) is 7.56. The first-order chi connectivity index (χ1) is 11.9. The number of hydrogen-bond acceptors (Lipinski definition) is 6. The van der Waals surface area contributed by atoms with Crippen LogP contribution in [0.25, 0.3) is 0 Å². The summed E-state index contributed by atoms with van der Waals surface area (Å²) in [7, 11) is 3.01. The summed E-state index contributed by atoms with van der Waals surface area (Å²) in [6.45, 7) is 2.10. The maximum Gasteiger partial charge on any atom is 0.324 e. The summed E-state index contributed by atoms with van der Waals surface area (Å²) >= 11 is 3.37. The third kappa shape index (κ3) is 4.41. The number of nitrogens with zero attached hydrogens (tertiary/aromatic N) is 1. The summed E-state index contributed by atoms with van der Waals surface area (Å²) in [5.41, 5.74) is 0.626. The predicted molar refractivity (Wildman–Crippen MR) is 91.6 cm³/mol. The quantitative estimate of drug-likeness (QED) is 0.708. The highest BCUT2D eigenvalue weighted by Crippen LogP contribution is 2.33. The molecule has 1 saturated heterocycles. The molecule has 136 valence electrons. The van der Waals surface area contributed by atoms with Crippen LogP contribution in [0.1, 0.15) is 12.5 Å². The maximum absolute atomic E-state index is 12.1. The van der Waals surface area contributed by atoms with Crippen molar-refractivity contribution < 1.29 is 28.6 Å². The molecule has 25 heavy (non-hydrogen) atoms. The summed E-state index contributed by atoms with van der Waals surface area (Å²) in [6.07, 6.45) is -1.11. The van der Waals surface area contributed by atoms with Crippen molar-refractivity contribution in [3.8, 4) is 11.5 Å². The zero-order chi connectivity index (χ0) is 18.6. The highest BCUT2D eigenvalue weighted by molar-refractivity contribution is 9.10. The molecule has 0 radical (unpaired) electrons. The van der Waals surface area contributed by atoms with E-state index >= 15 is 0 Å². The Bertz CT molecular complexity index is 693. The minimum atomic E-state index is -1.05. The van der Waals surface area contributed by atoms with E-state index in [1.54, 1.807) is 12.1 Å². The van der Waals surface area contributed by atoms with E-state index in [9.17, 15) is 14.4 Å². The van der Waals surface area contributed by atoms with Gasteiger partial charge in [0.1, 0.15) is 0 Å². The van der Waals surface area contributed by atoms with Gasteiger partial charge in [-0.25, -0.2) is 4.79 Å². The molecule has 2 rings (SSSR count). The van der Waals surface area contributed by atoms with E-state index in [0.29, 0.717) is 28.1 Å². The molecular formula is C16H19BrN2O6. The number of nitrogens with one attached hydrogen (secondary N) is 1. The van der Waals surface area contributed by atoms with Crippen molar-refractivity contribution in [1.82, 2.24) is 10.2 Å². The van der Waals surface area contributed by atoms with Gasteiger partial charge in [-0.1, -0.05) is 15.9 Å². The first-order valence-corrected chi connectivity index (χ1v) is 8.35. The van der Waals surface area contributed by atoms with Gasteiger partial charge in [0.2, 0.25) is 0 Å². The smallest absolute Gasteiger partial charge is 0.324 e. The van der Waals surface area contributed by atoms with Gasteiger partial charge in [0.15, 0.2) is 17.6 Å². The topological polar surface area (TPSA) is 94.2 Å². The fourth-order valence-electron chi connectivity index (χ4n) is 2.38. The van der Waals surface area contributed by atoms with Crippen LogP contribution in [0.15, 0.2) is 16.6 Å². The highest BCUT2D eigenvalue weighted by Gasteiger charge is 2.31. The van der Waals surface area contributed by atoms with E-state index in [-0.39, 0.29) is 13.0 Å². The zero-order valence-corrected chi connectivity index (χ0v) is 15.7. The molecule has 1 atom stereocenters. The largest absolute Gasteiger partial charge is 0.493 e. The van der Waals surface area contributed by atoms with Crippen LogP contribution in [-0.2, 0) is 20.7 Å². The monoisotopic (exact) mass is 414 g/mol. The molecule has 0 aromatic heterocycles. The number of imide groups is 1. The number of carbonyl (C=O) groups excluding carboxylic acids is 3. The van der Waals surface area contributed by atoms with Gasteiger partial charge in [0.05, 0.1) is 20.6 Å². The number of amides is 3. The second kappa shape index (κ2) is 8.19. The fourth-order valence-corrected chi connectivity index (χ4v) is 2.84. The molecule has 1 fully saturated rings. The average Bonchev–Trinajstić information content (AvgIpc) is 3.01. The van der Waals surface area contributed by atoms with Crippen molar-refractivity contribution in [2.24, 2.45) is 0 Å². The summed E-state index contributed by atoms with van der Waals surface area (Å²) in [4.78, 5) is 36.8. The van der Waals surface area contributed by atoms with Crippen molar-refractivity contribution in [3.63, 3.8) is 0 Å². The van der Waals surface area contributed by atoms with E-state index < -0.39 is 24.0 Å². The van der Waals surface area contributed by atoms with Crippen LogP contribution in [-0.4, -0.2) is 56.2 Å². The number of benzene rings is 1. The summed E-state index contributed by atoms with van der Waals surface area (Å²) in [6, 6.07) is 2.87. The third-order valence-electron chi connectivity index (χ3n) is 3.67. The van der Waals surface area contributed by atoms with E-state index in [1.807, 2.05) is 0 Å². The molecule has 1 aromatic carbocycles. The summed E-state index contributed by atoms with van der Waals surface area (Å²) in [5.74, 6) is -0.135. The number of carbonyl (C=O) groups is 3. The molecule has 1 aliphatic heterocycles. The van der Waals surface area contributed by atoms with Crippen molar-refractivity contribution >= 4 is 33.8 Å². The molecule has 0 spiro atoms. The molecule has 1 N–H and O–H groups in total. The third-order valence-corrected chi connectivity index (χ3v) is 4.40. The van der Waals surface area contributed by atoms with Gasteiger partial charge in [-0.3, -0.25) is 14.5 Å². The lowest BCUT2D eigenvalue weighted by Gasteiger charge is -2.18. The van der Waals surface area contributed by atoms with Crippen LogP contribution in [0.3, 0.4) is 0 Å². The molecule has 1 aliphatic rings. The molecule has 0 aliphatic carbocycles. The van der Waals surface area contributed by atoms with E-state index in [0.717, 1.165) is 4.90 Å². The van der Waals surface area contributed by atoms with Crippen molar-refractivity contribution in [2.75, 3.05) is 27.3 Å². The first kappa shape index (κ1) is 19.0. The van der Waals surface area contributed by atoms with Crippen molar-refractivity contribution in [3.05, 3.63) is 22.2 Å². The minimum absolute atomic E-state index is 0.0647. The standard InChI is InChI=1S/C16H19BrN2O6/c1-9(15(21)19-5-4-18-16(19)22)25-14(20)7-10-6-12(23-2)13(24-3)8-11(10)17/h6,8-9H,4-5,7H2,1-3H3,(H,18,22). The molecule has 1 unspecified atom stereocenters. The molecule has 1 aromatic rings. The van der Waals surface area contributed by atoms with Gasteiger partial charge in [-0.15, -0.1) is 0 Å². The van der Waals surface area contributed by atoms with Crippen LogP contribution >= 0.6 is 15.9 Å². The molecule has 9 heteroatoms. The number of esters is 1. The zero-order valence-electron chi connectivity index (χ0n) is 14.1. The molecular weight excluding hydrogens is 396 g/mol. The van der Waals surface area contributed by atoms with Crippen LogP contribution in [0.5, 0.6) is 11.5 Å². The normalized spacial score (nSPS) is 14.7. The van der Waals surface area contributed by atoms with Gasteiger partial charge in [-0.05, 0) is 24.6 Å². The molecule has 0 saturated carbocycles. The van der Waals surface area contributed by atoms with Crippen LogP contribution in [0.2, 0.25) is 0 Å². The summed E-state index contributed by atoms with van der Waals surface area (Å²) in [5, 5.41) is 2.52. The lowest BCUT2D eigenvalue weighted by atomic mass is 10.1. The molecule has 3 amide bonds. The minimum Gasteiger partial charge on any atom is -0.493 e. The van der Waals surface area contributed by atoms with Crippen molar-refractivity contribution in [2.45, 2.75) is 19.4 Å². The fraction of sp³-hybridized carbons (Fsp3) is 0.438. The maximum atomic E-state index is 12.1. The number of rotatable bonds is 6. The van der Waals surface area contributed by atoms with E-state index in [4.69, 9.17) is 14.2 Å². The van der Waals surface area contributed by atoms with Crippen LogP contribution in [0, 0.1) is 0 Å². The molecule has 0 bridgehead atoms. The molecule has 8 nitrogen and oxygen atoms in total. The van der Waals surface area contributed by atoms with Gasteiger partial charge >= 0.3 is 12.0 Å². The Kier molecular flexibility index (Phi) is 6.24. The van der Waals surface area contributed by atoms with Gasteiger partial charge < -0.3 is 19.5 Å². The second-order valence-electron chi connectivity index (χ2n) is 5.33. The Balaban J connectivity index is 2.02. The highest BCUT2D eigenvalue weighted by atomic mass is 79.9. The number of halogens is 1. The Hall–Kier alpha value is -2.29. The van der Waals surface area contributed by atoms with E-state index in [1.165, 1.54) is 21.1 Å². The number of hydrogen-bond donors (Lipinski definition) is 1. The predicted octanol–water partition coefficient (Wildman–Crippen LogP) is 1.49. The Labute approximate surface area is 153 Å². The van der Waals surface area contributed by atoms with Gasteiger partial charge in [0, 0.05) is 17.6 Å². The average molecular weight is 415 g/mol. The number of ether oxygens (including phenoxy) is 3. The van der Waals surface area contributed by atoms with Crippen molar-refractivity contribution in [1.29, 1.82) is 0 Å². The van der Waals surface area contributed by atoms with Gasteiger partial charge in [-0.2, -0.15) is 0 Å². The summed E-state index contributed by atoms with van der Waals surface area (Å²) < 4.78 is 16.2. The SMILES string of the molecule is COc1cc(Br)c(CC(=O)OC(C)C(=O)N2CCNC2=O)cc1OC. The van der Waals surface area contributed by atoms with Gasteiger partial charge in [0.25, 0.3) is 5.91 Å². The van der Waals surface area contributed by atoms with Crippen LogP contribution < -0.4 is 14.8 Å². The van der Waals surface area contributed by atoms with Crippen LogP contribution in [0.4, 0.5) is 4.79 Å². The van der Waals surface area contributed by atoms with E-state index in [2.05, 4.69) is 21.2 Å². The lowest BCUT2D eigenvalue weighted by molar-refractivity contribution is -0.156. The Morgan fingerprint density at radius 1 is 1.28 bits per heavy atom. The second-order valence-corrected chi connectivity index (χ2v) is 6.18. The Morgan fingerprint density at radius 2 is 1.92 bits per heavy atom. The Morgan fingerprint density at radius 3 is 2.48 bits per heavy atom. The number of methoxy groups -OCH3 is 2. The molecule has 1 heterocycles. The number of urea groups is 1.